The van der Waals surface area contributed by atoms with Crippen LogP contribution in [0.3, 0.4) is 0 Å². The van der Waals surface area contributed by atoms with Crippen LogP contribution in [0.4, 0.5) is 0 Å². The van der Waals surface area contributed by atoms with Crippen molar-refractivity contribution in [3.63, 3.8) is 0 Å². The lowest BCUT2D eigenvalue weighted by molar-refractivity contribution is 0.0217. The average Bonchev–Trinajstić information content (AvgIpc) is 2.67. The van der Waals surface area contributed by atoms with E-state index in [9.17, 15) is 4.79 Å². The number of carbonyl (C=O) groups excluding carboxylic acids is 1. The van der Waals surface area contributed by atoms with Crippen molar-refractivity contribution in [3.05, 3.63) is 53.7 Å². The zero-order valence-electron chi connectivity index (χ0n) is 15.3. The Morgan fingerprint density at radius 1 is 1.15 bits per heavy atom. The largest absolute Gasteiger partial charge is 0.347 e. The first-order valence-corrected chi connectivity index (χ1v) is 10.2. The van der Waals surface area contributed by atoms with E-state index in [1.54, 1.807) is 11.8 Å². The molecule has 3 saturated heterocycles. The molecule has 136 valence electrons. The maximum atomic E-state index is 12.7. The van der Waals surface area contributed by atoms with Crippen LogP contribution in [-0.4, -0.2) is 41.0 Å². The van der Waals surface area contributed by atoms with Crippen molar-refractivity contribution in [1.29, 1.82) is 0 Å². The predicted molar refractivity (Wildman–Crippen MR) is 105 cm³/mol. The van der Waals surface area contributed by atoms with Crippen LogP contribution in [0.2, 0.25) is 0 Å². The maximum absolute atomic E-state index is 12.7. The molecule has 0 spiro atoms. The molecule has 0 radical (unpaired) electrons. The Morgan fingerprint density at radius 2 is 1.88 bits per heavy atom. The number of rotatable bonds is 4. The highest BCUT2D eigenvalue weighted by atomic mass is 32.2. The third kappa shape index (κ3) is 3.64. The highest BCUT2D eigenvalue weighted by Gasteiger charge is 2.40. The maximum Gasteiger partial charge on any atom is 0.251 e. The van der Waals surface area contributed by atoms with Gasteiger partial charge < -0.3 is 5.32 Å². The van der Waals surface area contributed by atoms with Gasteiger partial charge in [-0.2, -0.15) is 0 Å². The van der Waals surface area contributed by atoms with Gasteiger partial charge in [-0.05, 0) is 81.6 Å². The highest BCUT2D eigenvalue weighted by molar-refractivity contribution is 7.99. The Hall–Kier alpha value is -1.85. The Bertz CT molecular complexity index is 765. The molecule has 2 bridgehead atoms. The highest BCUT2D eigenvalue weighted by Crippen LogP contribution is 2.32. The lowest BCUT2D eigenvalue weighted by Gasteiger charge is -2.49. The van der Waals surface area contributed by atoms with Gasteiger partial charge >= 0.3 is 0 Å². The summed E-state index contributed by atoms with van der Waals surface area (Å²) in [6.45, 7) is 6.63. The Kier molecular flexibility index (Phi) is 5.00. The second kappa shape index (κ2) is 7.41. The van der Waals surface area contributed by atoms with Gasteiger partial charge in [-0.15, -0.1) is 0 Å². The number of amides is 1. The number of hydrogen-bond acceptors (Lipinski definition) is 4. The molecular weight excluding hydrogens is 342 g/mol. The molecule has 3 fully saturated rings. The summed E-state index contributed by atoms with van der Waals surface area (Å²) in [5, 5.41) is 4.26. The van der Waals surface area contributed by atoms with Crippen LogP contribution in [0.1, 0.15) is 35.7 Å². The quantitative estimate of drug-likeness (QED) is 0.894. The smallest absolute Gasteiger partial charge is 0.251 e. The minimum Gasteiger partial charge on any atom is -0.347 e. The normalized spacial score (nSPS) is 27.3. The summed E-state index contributed by atoms with van der Waals surface area (Å²) < 4.78 is 0. The topological polar surface area (TPSA) is 45.2 Å². The molecule has 26 heavy (non-hydrogen) atoms. The molecule has 5 heteroatoms. The SMILES string of the molecule is Cc1ccc(Sc2ccc(C(=O)N[C@@H]3C4CCN(CC4)[C@H]3C)cc2)nc1. The van der Waals surface area contributed by atoms with Gasteiger partial charge in [-0.3, -0.25) is 9.69 Å². The first-order chi connectivity index (χ1) is 12.6. The van der Waals surface area contributed by atoms with Crippen LogP contribution in [0.5, 0.6) is 0 Å². The number of hydrogen-bond donors (Lipinski definition) is 1. The molecule has 1 N–H and O–H groups in total. The molecule has 3 aliphatic heterocycles. The minimum absolute atomic E-state index is 0.0422. The number of nitrogens with one attached hydrogen (secondary N) is 1. The molecule has 1 amide bonds. The summed E-state index contributed by atoms with van der Waals surface area (Å²) in [6.07, 6.45) is 4.28. The fourth-order valence-corrected chi connectivity index (χ4v) is 4.84. The summed E-state index contributed by atoms with van der Waals surface area (Å²) in [5.41, 5.74) is 1.89. The van der Waals surface area contributed by atoms with Crippen LogP contribution in [0.25, 0.3) is 0 Å². The second-order valence-corrected chi connectivity index (χ2v) is 8.51. The predicted octanol–water partition coefficient (Wildman–Crippen LogP) is 3.75. The van der Waals surface area contributed by atoms with Crippen LogP contribution in [0.15, 0.2) is 52.5 Å². The molecule has 2 aromatic rings. The van der Waals surface area contributed by atoms with Gasteiger partial charge in [-0.25, -0.2) is 4.98 Å². The summed E-state index contributed by atoms with van der Waals surface area (Å²) >= 11 is 1.61. The number of aryl methyl sites for hydroxylation is 1. The lowest BCUT2D eigenvalue weighted by atomic mass is 9.79. The third-order valence-corrected chi connectivity index (χ3v) is 6.66. The van der Waals surface area contributed by atoms with Crippen LogP contribution >= 0.6 is 11.8 Å². The molecule has 0 aliphatic carbocycles. The van der Waals surface area contributed by atoms with Crippen LogP contribution < -0.4 is 5.32 Å². The molecule has 5 rings (SSSR count). The van der Waals surface area contributed by atoms with Crippen molar-refractivity contribution in [3.8, 4) is 0 Å². The van der Waals surface area contributed by atoms with E-state index in [4.69, 9.17) is 0 Å². The van der Waals surface area contributed by atoms with Crippen molar-refractivity contribution in [2.75, 3.05) is 13.1 Å². The number of benzene rings is 1. The van der Waals surface area contributed by atoms with E-state index in [1.807, 2.05) is 43.5 Å². The number of nitrogens with zero attached hydrogens (tertiary/aromatic N) is 2. The number of piperidine rings is 3. The number of aromatic nitrogens is 1. The van der Waals surface area contributed by atoms with Gasteiger partial charge in [0.05, 0.1) is 0 Å². The number of carbonyl (C=O) groups is 1. The Labute approximate surface area is 159 Å². The van der Waals surface area contributed by atoms with E-state index in [0.717, 1.165) is 21.0 Å². The second-order valence-electron chi connectivity index (χ2n) is 7.41. The van der Waals surface area contributed by atoms with Gasteiger partial charge in [0.1, 0.15) is 5.03 Å². The van der Waals surface area contributed by atoms with E-state index in [2.05, 4.69) is 28.2 Å². The summed E-state index contributed by atoms with van der Waals surface area (Å²) in [7, 11) is 0. The lowest BCUT2D eigenvalue weighted by Crippen LogP contribution is -2.62. The molecule has 4 nitrogen and oxygen atoms in total. The fourth-order valence-electron chi connectivity index (χ4n) is 4.09. The first-order valence-electron chi connectivity index (χ1n) is 9.35. The summed E-state index contributed by atoms with van der Waals surface area (Å²) in [6, 6.07) is 12.6. The Morgan fingerprint density at radius 3 is 2.50 bits per heavy atom. The molecule has 1 aromatic heterocycles. The van der Waals surface area contributed by atoms with E-state index in [-0.39, 0.29) is 11.9 Å². The average molecular weight is 368 g/mol. The van der Waals surface area contributed by atoms with Gasteiger partial charge in [0.15, 0.2) is 0 Å². The fraction of sp³-hybridized carbons (Fsp3) is 0.429. The van der Waals surface area contributed by atoms with Crippen molar-refractivity contribution in [1.82, 2.24) is 15.2 Å². The molecular formula is C21H25N3OS. The standard InChI is InChI=1S/C21H25N3OS/c1-14-3-8-19(22-13-14)26-18-6-4-17(5-7-18)21(25)23-20-15(2)24-11-9-16(20)10-12-24/h3-8,13,15-16,20H,9-12H2,1-2H3,(H,23,25)/t15-,20-/m0/s1. The van der Waals surface area contributed by atoms with Crippen molar-refractivity contribution in [2.45, 2.75) is 48.7 Å². The van der Waals surface area contributed by atoms with Gasteiger partial charge in [0.25, 0.3) is 5.91 Å². The molecule has 1 aromatic carbocycles. The van der Waals surface area contributed by atoms with Crippen LogP contribution in [0, 0.1) is 12.8 Å². The number of fused-ring (bicyclic) bond motifs is 3. The van der Waals surface area contributed by atoms with Gasteiger partial charge in [0.2, 0.25) is 0 Å². The zero-order valence-corrected chi connectivity index (χ0v) is 16.1. The summed E-state index contributed by atoms with van der Waals surface area (Å²) in [4.78, 5) is 20.7. The van der Waals surface area contributed by atoms with Crippen LogP contribution in [-0.2, 0) is 0 Å². The Balaban J connectivity index is 1.40. The van der Waals surface area contributed by atoms with Crippen molar-refractivity contribution in [2.24, 2.45) is 5.92 Å². The zero-order chi connectivity index (χ0) is 18.1. The molecule has 0 unspecified atom stereocenters. The van der Waals surface area contributed by atoms with Gasteiger partial charge in [0, 0.05) is 28.7 Å². The van der Waals surface area contributed by atoms with E-state index in [1.165, 1.54) is 25.9 Å². The van der Waals surface area contributed by atoms with Crippen molar-refractivity contribution < 1.29 is 4.79 Å². The summed E-state index contributed by atoms with van der Waals surface area (Å²) in [5.74, 6) is 0.669. The molecule has 3 aliphatic rings. The van der Waals surface area contributed by atoms with E-state index >= 15 is 0 Å². The monoisotopic (exact) mass is 367 g/mol. The first kappa shape index (κ1) is 17.6. The third-order valence-electron chi connectivity index (χ3n) is 5.70. The van der Waals surface area contributed by atoms with Crippen molar-refractivity contribution >= 4 is 17.7 Å². The minimum atomic E-state index is 0.0422. The molecule has 4 heterocycles. The number of pyridine rings is 1. The molecule has 0 saturated carbocycles. The van der Waals surface area contributed by atoms with Gasteiger partial charge in [-0.1, -0.05) is 17.8 Å². The molecule has 2 atom stereocenters. The van der Waals surface area contributed by atoms with E-state index < -0.39 is 0 Å². The van der Waals surface area contributed by atoms with E-state index in [0.29, 0.717) is 12.0 Å².